The van der Waals surface area contributed by atoms with Crippen molar-refractivity contribution in [3.05, 3.63) is 0 Å². The fourth-order valence-corrected chi connectivity index (χ4v) is 0.284. The fourth-order valence-electron chi connectivity index (χ4n) is 0.284. The smallest absolute Gasteiger partial charge is 1.00 e. The van der Waals surface area contributed by atoms with E-state index in [1.54, 1.807) is 6.92 Å². The number of carbonyl (C=O) groups is 1. The van der Waals surface area contributed by atoms with E-state index in [0.717, 1.165) is 0 Å². The maximum Gasteiger partial charge on any atom is 1.00 e. The zero-order chi connectivity index (χ0) is 5.49. The summed E-state index contributed by atoms with van der Waals surface area (Å²) in [5.74, 6) is -0.757. The number of hydrogen-bond donors (Lipinski definition) is 2. The summed E-state index contributed by atoms with van der Waals surface area (Å²) in [5.41, 5.74) is -0.583. The summed E-state index contributed by atoms with van der Waals surface area (Å²) >= 11 is 0. The van der Waals surface area contributed by atoms with Crippen molar-refractivity contribution in [2.75, 3.05) is 6.54 Å². The van der Waals surface area contributed by atoms with Gasteiger partial charge in [-0.25, -0.2) is 0 Å². The minimum absolute atomic E-state index is 0. The van der Waals surface area contributed by atoms with Crippen molar-refractivity contribution in [1.29, 1.82) is 0 Å². The predicted molar refractivity (Wildman–Crippen MR) is 25.2 cm³/mol. The summed E-state index contributed by atoms with van der Waals surface area (Å²) in [4.78, 5) is 10.0. The Morgan fingerprint density at radius 3 is 2.38 bits per heavy atom. The van der Waals surface area contributed by atoms with Crippen LogP contribution in [-0.2, 0) is 4.79 Å². The molecule has 8 heavy (non-hydrogen) atoms. The number of carboxylic acids is 1. The average molecular weight is 125 g/mol. The minimum atomic E-state index is -0.757. The minimum Gasteiger partial charge on any atom is -1.00 e. The first-order chi connectivity index (χ1) is 3.15. The van der Waals surface area contributed by atoms with Crippen LogP contribution in [-0.4, -0.2) is 23.2 Å². The van der Waals surface area contributed by atoms with Crippen LogP contribution in [0.25, 0.3) is 0 Å². The molecule has 0 aromatic rings. The second kappa shape index (κ2) is 2.35. The van der Waals surface area contributed by atoms with E-state index in [2.05, 4.69) is 5.32 Å². The summed E-state index contributed by atoms with van der Waals surface area (Å²) in [7, 11) is 0. The number of rotatable bonds is 1. The van der Waals surface area contributed by atoms with E-state index in [-0.39, 0.29) is 31.0 Å². The van der Waals surface area contributed by atoms with Crippen molar-refractivity contribution in [3.63, 3.8) is 0 Å². The van der Waals surface area contributed by atoms with Gasteiger partial charge in [0, 0.05) is 6.54 Å². The third-order valence-corrected chi connectivity index (χ3v) is 1.18. The molecule has 0 bridgehead atoms. The number of hydrogen-bond acceptors (Lipinski definition) is 2. The van der Waals surface area contributed by atoms with Crippen LogP contribution >= 0.6 is 0 Å². The summed E-state index contributed by atoms with van der Waals surface area (Å²) in [6, 6.07) is 0. The van der Waals surface area contributed by atoms with Crippen molar-refractivity contribution >= 4 is 5.97 Å². The maximum absolute atomic E-state index is 10.0. The van der Waals surface area contributed by atoms with Gasteiger partial charge in [0.1, 0.15) is 5.54 Å². The molecule has 0 spiro atoms. The molecule has 0 aromatic carbocycles. The molecule has 3 nitrogen and oxygen atoms in total. The van der Waals surface area contributed by atoms with Crippen molar-refractivity contribution in [1.82, 2.24) is 5.32 Å². The normalized spacial score (nSPS) is 33.1. The average Bonchev–Trinajstić information content (AvgIpc) is 2.21. The molecule has 0 amide bonds. The van der Waals surface area contributed by atoms with Crippen LogP contribution in [0.3, 0.4) is 0 Å². The SMILES string of the molecule is CC1(C(=O)O)CN1.[H-].[Na+]. The molecule has 1 unspecified atom stereocenters. The largest absolute Gasteiger partial charge is 1.00 e. The Bertz CT molecular complexity index is 115. The Kier molecular flexibility index (Phi) is 2.48. The van der Waals surface area contributed by atoms with Gasteiger partial charge in [-0.2, -0.15) is 0 Å². The van der Waals surface area contributed by atoms with E-state index in [9.17, 15) is 4.79 Å². The van der Waals surface area contributed by atoms with E-state index in [0.29, 0.717) is 6.54 Å². The molecule has 0 aromatic heterocycles. The summed E-state index contributed by atoms with van der Waals surface area (Å²) in [6.45, 7) is 2.28. The molecular formula is C4H8NNaO2. The van der Waals surface area contributed by atoms with Gasteiger partial charge in [0.15, 0.2) is 0 Å². The number of aliphatic carboxylic acids is 1. The molecule has 1 heterocycles. The van der Waals surface area contributed by atoms with Crippen molar-refractivity contribution in [3.8, 4) is 0 Å². The zero-order valence-electron chi connectivity index (χ0n) is 6.06. The molecule has 1 saturated heterocycles. The number of carboxylic acid groups (broad SMARTS) is 1. The van der Waals surface area contributed by atoms with Gasteiger partial charge >= 0.3 is 35.5 Å². The van der Waals surface area contributed by atoms with E-state index in [1.807, 2.05) is 0 Å². The molecule has 4 heteroatoms. The van der Waals surface area contributed by atoms with E-state index < -0.39 is 11.5 Å². The van der Waals surface area contributed by atoms with E-state index >= 15 is 0 Å². The molecule has 1 fully saturated rings. The van der Waals surface area contributed by atoms with Crippen molar-refractivity contribution in [2.45, 2.75) is 12.5 Å². The topological polar surface area (TPSA) is 59.2 Å². The predicted octanol–water partition coefficient (Wildman–Crippen LogP) is -3.45. The van der Waals surface area contributed by atoms with Gasteiger partial charge < -0.3 is 6.53 Å². The van der Waals surface area contributed by atoms with Crippen molar-refractivity contribution < 1.29 is 40.9 Å². The third-order valence-electron chi connectivity index (χ3n) is 1.18. The Hall–Kier alpha value is 0.430. The van der Waals surface area contributed by atoms with Gasteiger partial charge in [-0.3, -0.25) is 10.1 Å². The first-order valence-electron chi connectivity index (χ1n) is 2.13. The van der Waals surface area contributed by atoms with Crippen LogP contribution in [0.1, 0.15) is 8.35 Å². The molecule has 42 valence electrons. The van der Waals surface area contributed by atoms with E-state index in [4.69, 9.17) is 5.11 Å². The molecular weight excluding hydrogens is 117 g/mol. The molecule has 0 saturated carbocycles. The van der Waals surface area contributed by atoms with Crippen LogP contribution in [0.4, 0.5) is 0 Å². The fraction of sp³-hybridized carbons (Fsp3) is 0.750. The molecule has 2 N–H and O–H groups in total. The monoisotopic (exact) mass is 125 g/mol. The molecule has 0 aliphatic carbocycles. The Morgan fingerprint density at radius 2 is 2.38 bits per heavy atom. The Morgan fingerprint density at radius 1 is 2.00 bits per heavy atom. The van der Waals surface area contributed by atoms with Crippen molar-refractivity contribution in [2.24, 2.45) is 0 Å². The molecule has 1 atom stereocenters. The molecule has 1 rings (SSSR count). The van der Waals surface area contributed by atoms with Crippen LogP contribution in [0, 0.1) is 0 Å². The van der Waals surface area contributed by atoms with Crippen LogP contribution in [0.2, 0.25) is 0 Å². The standard InChI is InChI=1S/C4H7NO2.Na.H/c1-4(2-5-4)3(6)7;;/h5H,2H2,1H3,(H,6,7);;/q;+1;-1. The Balaban J connectivity index is 0. The first kappa shape index (κ1) is 8.43. The number of nitrogens with one attached hydrogen (secondary N) is 1. The van der Waals surface area contributed by atoms with Crippen LogP contribution in [0.5, 0.6) is 0 Å². The quantitative estimate of drug-likeness (QED) is 0.283. The molecule has 1 aliphatic rings. The summed E-state index contributed by atoms with van der Waals surface area (Å²) in [5, 5.41) is 11.0. The zero-order valence-corrected chi connectivity index (χ0v) is 7.06. The van der Waals surface area contributed by atoms with Gasteiger partial charge in [0.25, 0.3) is 0 Å². The van der Waals surface area contributed by atoms with Crippen LogP contribution in [0.15, 0.2) is 0 Å². The van der Waals surface area contributed by atoms with Gasteiger partial charge in [0.05, 0.1) is 0 Å². The summed E-state index contributed by atoms with van der Waals surface area (Å²) < 4.78 is 0. The van der Waals surface area contributed by atoms with E-state index in [1.165, 1.54) is 0 Å². The summed E-state index contributed by atoms with van der Waals surface area (Å²) in [6.07, 6.45) is 0. The maximum atomic E-state index is 10.0. The second-order valence-corrected chi connectivity index (χ2v) is 1.99. The van der Waals surface area contributed by atoms with Gasteiger partial charge in [-0.1, -0.05) is 0 Å². The second-order valence-electron chi connectivity index (χ2n) is 1.99. The molecule has 0 radical (unpaired) electrons. The Labute approximate surface area is 71.2 Å². The van der Waals surface area contributed by atoms with Crippen LogP contribution < -0.4 is 34.9 Å². The first-order valence-corrected chi connectivity index (χ1v) is 2.13. The molecule has 1 aliphatic heterocycles. The van der Waals surface area contributed by atoms with Gasteiger partial charge in [0.2, 0.25) is 0 Å². The third kappa shape index (κ3) is 1.45. The van der Waals surface area contributed by atoms with Gasteiger partial charge in [-0.05, 0) is 6.92 Å². The van der Waals surface area contributed by atoms with Gasteiger partial charge in [-0.15, -0.1) is 0 Å².